The van der Waals surface area contributed by atoms with Gasteiger partial charge in [0.15, 0.2) is 0 Å². The maximum absolute atomic E-state index is 4.40. The third-order valence-electron chi connectivity index (χ3n) is 5.22. The van der Waals surface area contributed by atoms with Gasteiger partial charge in [-0.25, -0.2) is 0 Å². The quantitative estimate of drug-likeness (QED) is 0.364. The second-order valence-electron chi connectivity index (χ2n) is 8.21. The van der Waals surface area contributed by atoms with E-state index in [0.717, 1.165) is 12.3 Å². The minimum Gasteiger partial charge on any atom is -0.412 e. The van der Waals surface area contributed by atoms with Crippen molar-refractivity contribution in [3.8, 4) is 0 Å². The highest BCUT2D eigenvalue weighted by molar-refractivity contribution is 5.35. The van der Waals surface area contributed by atoms with E-state index in [9.17, 15) is 0 Å². The van der Waals surface area contributed by atoms with Gasteiger partial charge in [-0.15, -0.1) is 0 Å². The molecule has 158 valence electrons. The van der Waals surface area contributed by atoms with Crippen molar-refractivity contribution >= 4 is 0 Å². The van der Waals surface area contributed by atoms with Crippen molar-refractivity contribution < 1.29 is 5.48 Å². The van der Waals surface area contributed by atoms with Gasteiger partial charge >= 0.3 is 0 Å². The zero-order valence-corrected chi connectivity index (χ0v) is 19.4. The minimum atomic E-state index is 0. The molecule has 0 bridgehead atoms. The molecular weight excluding hydrogens is 328 g/mol. The first-order valence-electron chi connectivity index (χ1n) is 11.2. The Bertz CT molecular complexity index is 451. The number of hydrogen-bond acceptors (Lipinski definition) is 0. The minimum absolute atomic E-state index is 0. The van der Waals surface area contributed by atoms with Crippen LogP contribution in [0.1, 0.15) is 93.4 Å². The van der Waals surface area contributed by atoms with Crippen molar-refractivity contribution in [1.82, 2.24) is 0 Å². The maximum Gasteiger partial charge on any atom is 0.00739 e. The Morgan fingerprint density at radius 1 is 1.11 bits per heavy atom. The van der Waals surface area contributed by atoms with Gasteiger partial charge in [0.05, 0.1) is 0 Å². The number of unbranched alkanes of at least 4 members (excludes halogenated alkanes) is 2. The molecule has 0 amide bonds. The van der Waals surface area contributed by atoms with Crippen LogP contribution in [0.3, 0.4) is 0 Å². The number of rotatable bonds is 9. The van der Waals surface area contributed by atoms with Gasteiger partial charge in [-0.3, -0.25) is 0 Å². The van der Waals surface area contributed by atoms with Crippen LogP contribution in [0.15, 0.2) is 48.1 Å². The summed E-state index contributed by atoms with van der Waals surface area (Å²) >= 11 is 0. The van der Waals surface area contributed by atoms with Gasteiger partial charge in [0, 0.05) is 5.92 Å². The first-order valence-corrected chi connectivity index (χ1v) is 11.2. The van der Waals surface area contributed by atoms with Gasteiger partial charge in [-0.2, -0.15) is 0 Å². The van der Waals surface area contributed by atoms with E-state index in [1.54, 1.807) is 5.57 Å². The van der Waals surface area contributed by atoms with Crippen molar-refractivity contribution in [1.29, 1.82) is 0 Å². The van der Waals surface area contributed by atoms with Crippen LogP contribution in [-0.4, -0.2) is 5.48 Å². The van der Waals surface area contributed by atoms with Crippen LogP contribution in [0.25, 0.3) is 0 Å². The smallest absolute Gasteiger partial charge is 0.00739 e. The summed E-state index contributed by atoms with van der Waals surface area (Å²) in [6, 6.07) is 0. The van der Waals surface area contributed by atoms with Crippen LogP contribution in [0.4, 0.5) is 0 Å². The fraction of sp³-hybridized carbons (Fsp3) is 0.692. The molecule has 3 unspecified atom stereocenters. The summed E-state index contributed by atoms with van der Waals surface area (Å²) < 4.78 is 0. The summed E-state index contributed by atoms with van der Waals surface area (Å²) in [6.07, 6.45) is 20.5. The molecule has 1 aliphatic carbocycles. The molecule has 2 N–H and O–H groups in total. The maximum atomic E-state index is 4.40. The van der Waals surface area contributed by atoms with E-state index in [1.165, 1.54) is 44.1 Å². The summed E-state index contributed by atoms with van der Waals surface area (Å²) in [5.41, 5.74) is 2.93. The Balaban J connectivity index is 0. The molecule has 0 saturated heterocycles. The largest absolute Gasteiger partial charge is 0.412 e. The van der Waals surface area contributed by atoms with Crippen LogP contribution >= 0.6 is 0 Å². The molecule has 1 nitrogen and oxygen atoms in total. The van der Waals surface area contributed by atoms with Gasteiger partial charge < -0.3 is 5.48 Å². The summed E-state index contributed by atoms with van der Waals surface area (Å²) in [6.45, 7) is 20.1. The Kier molecular flexibility index (Phi) is 17.8. The van der Waals surface area contributed by atoms with E-state index < -0.39 is 0 Å². The molecule has 3 atom stereocenters. The van der Waals surface area contributed by atoms with Crippen molar-refractivity contribution in [2.24, 2.45) is 23.7 Å². The van der Waals surface area contributed by atoms with E-state index >= 15 is 0 Å². The van der Waals surface area contributed by atoms with Gasteiger partial charge in [0.1, 0.15) is 0 Å². The van der Waals surface area contributed by atoms with Crippen LogP contribution < -0.4 is 0 Å². The van der Waals surface area contributed by atoms with Gasteiger partial charge in [-0.05, 0) is 42.6 Å². The van der Waals surface area contributed by atoms with Crippen molar-refractivity contribution in [2.45, 2.75) is 93.4 Å². The zero-order chi connectivity index (χ0) is 19.9. The zero-order valence-electron chi connectivity index (χ0n) is 19.4. The molecule has 1 aliphatic rings. The van der Waals surface area contributed by atoms with Crippen LogP contribution in [0.2, 0.25) is 0 Å². The topological polar surface area (TPSA) is 31.5 Å². The predicted molar refractivity (Wildman–Crippen MR) is 125 cm³/mol. The summed E-state index contributed by atoms with van der Waals surface area (Å²) in [4.78, 5) is 0. The molecule has 1 heteroatoms. The fourth-order valence-electron chi connectivity index (χ4n) is 3.59. The second kappa shape index (κ2) is 17.0. The van der Waals surface area contributed by atoms with Crippen molar-refractivity contribution in [2.75, 3.05) is 0 Å². The lowest BCUT2D eigenvalue weighted by Gasteiger charge is -2.19. The van der Waals surface area contributed by atoms with E-state index in [2.05, 4.69) is 85.4 Å². The molecule has 1 saturated carbocycles. The molecule has 0 aromatic carbocycles. The third kappa shape index (κ3) is 11.4. The predicted octanol–water partition coefficient (Wildman–Crippen LogP) is 8.09. The highest BCUT2D eigenvalue weighted by atomic mass is 16.0. The third-order valence-corrected chi connectivity index (χ3v) is 5.22. The van der Waals surface area contributed by atoms with Gasteiger partial charge in [0.25, 0.3) is 0 Å². The van der Waals surface area contributed by atoms with E-state index in [1.807, 2.05) is 0 Å². The monoisotopic (exact) mass is 376 g/mol. The lowest BCUT2D eigenvalue weighted by atomic mass is 9.85. The highest BCUT2D eigenvalue weighted by Gasteiger charge is 2.36. The van der Waals surface area contributed by atoms with Crippen LogP contribution in [0.5, 0.6) is 0 Å². The summed E-state index contributed by atoms with van der Waals surface area (Å²) in [5, 5.41) is 0. The molecule has 27 heavy (non-hydrogen) atoms. The normalized spacial score (nSPS) is 23.7. The fourth-order valence-corrected chi connectivity index (χ4v) is 3.59. The molecule has 1 fully saturated rings. The van der Waals surface area contributed by atoms with Crippen molar-refractivity contribution in [3.63, 3.8) is 0 Å². The highest BCUT2D eigenvalue weighted by Crippen LogP contribution is 2.46. The lowest BCUT2D eigenvalue weighted by Crippen LogP contribution is -2.08. The molecule has 0 spiro atoms. The SMILES string of the molecule is C=C(/C=C/C(C)C)C1/C(=C\C=C/CC)C(CCCC)CC1C.CCCC.O. The number of allylic oxidation sites excluding steroid dienone is 7. The van der Waals surface area contributed by atoms with Crippen LogP contribution in [-0.2, 0) is 0 Å². The average molecular weight is 377 g/mol. The molecule has 0 heterocycles. The molecule has 0 aliphatic heterocycles. The summed E-state index contributed by atoms with van der Waals surface area (Å²) in [7, 11) is 0. The van der Waals surface area contributed by atoms with Crippen molar-refractivity contribution in [3.05, 3.63) is 48.1 Å². The lowest BCUT2D eigenvalue weighted by molar-refractivity contribution is 0.470. The van der Waals surface area contributed by atoms with Gasteiger partial charge in [0.2, 0.25) is 0 Å². The Morgan fingerprint density at radius 2 is 1.74 bits per heavy atom. The van der Waals surface area contributed by atoms with Crippen LogP contribution in [0, 0.1) is 23.7 Å². The molecule has 0 aromatic rings. The standard InChI is InChI=1S/C22H36.C4H10.H2O/c1-7-9-11-13-21-20(12-10-8-2)16-19(6)22(21)18(5)15-14-17(3)4;1-3-4-2;/h9,11,13-15,17,19-20,22H,5,7-8,10,12,16H2,1-4,6H3;3-4H2,1-2H3;1H2/b11-9-,15-14+,21-13-;;. The Labute approximate surface area is 171 Å². The molecule has 0 radical (unpaired) electrons. The Hall–Kier alpha value is -1.08. The molecule has 0 aromatic heterocycles. The first-order chi connectivity index (χ1) is 12.4. The average Bonchev–Trinajstić information content (AvgIpc) is 2.93. The first kappa shape index (κ1) is 28.1. The summed E-state index contributed by atoms with van der Waals surface area (Å²) in [5.74, 6) is 2.60. The molecular formula is C26H48O. The second-order valence-corrected chi connectivity index (χ2v) is 8.21. The van der Waals surface area contributed by atoms with E-state index in [-0.39, 0.29) is 5.48 Å². The van der Waals surface area contributed by atoms with Gasteiger partial charge in [-0.1, -0.05) is 117 Å². The molecule has 1 rings (SSSR count). The van der Waals surface area contributed by atoms with E-state index in [4.69, 9.17) is 0 Å². The van der Waals surface area contributed by atoms with E-state index in [0.29, 0.717) is 17.8 Å². The number of hydrogen-bond donors (Lipinski definition) is 0. The Morgan fingerprint density at radius 3 is 2.22 bits per heavy atom.